The summed E-state index contributed by atoms with van der Waals surface area (Å²) in [6, 6.07) is -4.62. The Hall–Kier alpha value is -4.31. The highest BCUT2D eigenvalue weighted by Crippen LogP contribution is 2.51. The van der Waals surface area contributed by atoms with Gasteiger partial charge in [-0.25, -0.2) is 13.8 Å². The second-order valence-electron chi connectivity index (χ2n) is 14.4. The van der Waals surface area contributed by atoms with Crippen LogP contribution in [0.1, 0.15) is 90.6 Å². The predicted octanol–water partition coefficient (Wildman–Crippen LogP) is 3.50. The lowest BCUT2D eigenvalue weighted by atomic mass is 9.83. The molecule has 1 aliphatic heterocycles. The number of carboxylic acid groups (broad SMARTS) is 1. The molecule has 3 amide bonds. The van der Waals surface area contributed by atoms with E-state index >= 15 is 17.6 Å². The molecule has 2 aliphatic rings. The molecule has 17 heteroatoms. The van der Waals surface area contributed by atoms with Crippen molar-refractivity contribution in [3.63, 3.8) is 0 Å². The number of likely N-dealkylation sites (tertiary alicyclic amines) is 1. The molecule has 0 aromatic carbocycles. The Bertz CT molecular complexity index is 1530. The molecule has 1 aromatic rings. The van der Waals surface area contributed by atoms with E-state index in [0.717, 1.165) is 11.8 Å². The van der Waals surface area contributed by atoms with E-state index in [-0.39, 0.29) is 37.3 Å². The maximum atomic E-state index is 15.1. The minimum Gasteiger partial charge on any atom is -0.480 e. The molecule has 0 radical (unpaired) electrons. The average molecular weight is 742 g/mol. The van der Waals surface area contributed by atoms with Gasteiger partial charge in [-0.2, -0.15) is 8.78 Å². The average Bonchev–Trinajstić information content (AvgIpc) is 3.61. The summed E-state index contributed by atoms with van der Waals surface area (Å²) < 4.78 is 60.4. The van der Waals surface area contributed by atoms with Gasteiger partial charge in [0.25, 0.3) is 11.8 Å². The van der Waals surface area contributed by atoms with E-state index < -0.39 is 120 Å². The van der Waals surface area contributed by atoms with Crippen LogP contribution in [-0.2, 0) is 28.8 Å². The number of rotatable bonds is 18. The molecule has 1 aromatic heterocycles. The van der Waals surface area contributed by atoms with Crippen LogP contribution in [0.3, 0.4) is 0 Å². The topological polar surface area (TPSA) is 193 Å². The van der Waals surface area contributed by atoms with Crippen molar-refractivity contribution < 1.29 is 56.2 Å². The second-order valence-corrected chi connectivity index (χ2v) is 14.4. The third kappa shape index (κ3) is 9.37. The molecular weight excluding hydrogens is 694 g/mol. The number of ketones is 3. The number of carboxylic acids is 1. The van der Waals surface area contributed by atoms with Crippen LogP contribution in [0.25, 0.3) is 0 Å². The van der Waals surface area contributed by atoms with Crippen molar-refractivity contribution in [1.82, 2.24) is 25.5 Å². The number of Topliss-reactive ketones (excluding diaryl/α,β-unsaturated/α-hetero) is 3. The van der Waals surface area contributed by atoms with E-state index in [9.17, 15) is 33.6 Å². The maximum Gasteiger partial charge on any atom is 0.381 e. The summed E-state index contributed by atoms with van der Waals surface area (Å²) in [5.74, 6) is -22.9. The van der Waals surface area contributed by atoms with Crippen molar-refractivity contribution in [2.24, 2.45) is 35.5 Å². The lowest BCUT2D eigenvalue weighted by Crippen LogP contribution is -2.56. The fraction of sp³-hybridized carbons (Fsp3) is 0.686. The zero-order valence-electron chi connectivity index (χ0n) is 30.0. The molecule has 52 heavy (non-hydrogen) atoms. The molecule has 3 rings (SSSR count). The second kappa shape index (κ2) is 17.0. The first-order valence-corrected chi connectivity index (χ1v) is 17.4. The van der Waals surface area contributed by atoms with Gasteiger partial charge in [0, 0.05) is 56.0 Å². The third-order valence-corrected chi connectivity index (χ3v) is 10.0. The first-order chi connectivity index (χ1) is 24.1. The van der Waals surface area contributed by atoms with E-state index in [1.54, 1.807) is 33.0 Å². The van der Waals surface area contributed by atoms with Gasteiger partial charge in [-0.05, 0) is 37.5 Å². The van der Waals surface area contributed by atoms with Crippen LogP contribution in [0.15, 0.2) is 18.6 Å². The van der Waals surface area contributed by atoms with Gasteiger partial charge in [0.1, 0.15) is 17.8 Å². The molecule has 1 saturated carbocycles. The van der Waals surface area contributed by atoms with Crippen molar-refractivity contribution >= 4 is 41.0 Å². The van der Waals surface area contributed by atoms with Gasteiger partial charge < -0.3 is 20.6 Å². The van der Waals surface area contributed by atoms with Gasteiger partial charge in [-0.1, -0.05) is 41.0 Å². The van der Waals surface area contributed by atoms with Gasteiger partial charge >= 0.3 is 11.9 Å². The van der Waals surface area contributed by atoms with Gasteiger partial charge in [-0.3, -0.25) is 38.5 Å². The van der Waals surface area contributed by atoms with E-state index in [1.165, 1.54) is 25.5 Å². The zero-order chi connectivity index (χ0) is 39.3. The summed E-state index contributed by atoms with van der Waals surface area (Å²) in [5, 5.41) is 13.2. The number of amides is 3. The van der Waals surface area contributed by atoms with Crippen LogP contribution in [0.5, 0.6) is 0 Å². The van der Waals surface area contributed by atoms with Crippen molar-refractivity contribution in [1.29, 1.82) is 0 Å². The summed E-state index contributed by atoms with van der Waals surface area (Å²) in [6.45, 7) is 8.48. The van der Waals surface area contributed by atoms with Gasteiger partial charge in [-0.15, -0.1) is 0 Å². The summed E-state index contributed by atoms with van der Waals surface area (Å²) in [5.41, 5.74) is 0.0383. The molecule has 0 unspecified atom stereocenters. The number of aromatic nitrogens is 2. The van der Waals surface area contributed by atoms with E-state index in [4.69, 9.17) is 5.11 Å². The monoisotopic (exact) mass is 741 g/mol. The van der Waals surface area contributed by atoms with Crippen LogP contribution in [0.2, 0.25) is 0 Å². The Balaban J connectivity index is 1.90. The number of carbonyl (C=O) groups excluding carboxylic acids is 6. The summed E-state index contributed by atoms with van der Waals surface area (Å²) >= 11 is 0. The highest BCUT2D eigenvalue weighted by molar-refractivity contribution is 6.10. The Morgan fingerprint density at radius 3 is 2.19 bits per heavy atom. The number of halogens is 4. The number of hydrogen-bond acceptors (Lipinski definition) is 9. The van der Waals surface area contributed by atoms with Crippen molar-refractivity contribution in [3.05, 3.63) is 24.3 Å². The fourth-order valence-electron chi connectivity index (χ4n) is 6.99. The van der Waals surface area contributed by atoms with Gasteiger partial charge in [0.15, 0.2) is 11.6 Å². The number of nitrogens with one attached hydrogen (secondary N) is 2. The first kappa shape index (κ1) is 42.1. The quantitative estimate of drug-likeness (QED) is 0.114. The SMILES string of the molecule is CCC[C@H](CC(=O)[C@@H]1[C@H]2CCC(F)(F)[C@H]2CN1C(=O)[C@@H](NC(=O)[C@@H](CC(=O)c1cnccn1)C(C)C)C(C)C)C(=O)C(F)(F)C(=O)N[C@@H](C)C(=O)O. The highest BCUT2D eigenvalue weighted by Gasteiger charge is 2.61. The lowest BCUT2D eigenvalue weighted by Gasteiger charge is -2.34. The largest absolute Gasteiger partial charge is 0.480 e. The molecule has 1 saturated heterocycles. The fourth-order valence-corrected chi connectivity index (χ4v) is 6.99. The van der Waals surface area contributed by atoms with Crippen LogP contribution in [0, 0.1) is 35.5 Å². The smallest absolute Gasteiger partial charge is 0.381 e. The summed E-state index contributed by atoms with van der Waals surface area (Å²) in [4.78, 5) is 99.9. The number of hydrogen-bond donors (Lipinski definition) is 3. The molecule has 13 nitrogen and oxygen atoms in total. The van der Waals surface area contributed by atoms with Crippen LogP contribution < -0.4 is 10.6 Å². The summed E-state index contributed by atoms with van der Waals surface area (Å²) in [6.07, 6.45) is 1.86. The molecule has 0 spiro atoms. The number of fused-ring (bicyclic) bond motifs is 1. The Labute approximate surface area is 299 Å². The number of carbonyl (C=O) groups is 7. The van der Waals surface area contributed by atoms with Gasteiger partial charge in [0.05, 0.1) is 12.2 Å². The number of aliphatic carboxylic acids is 1. The zero-order valence-corrected chi connectivity index (χ0v) is 30.0. The molecule has 1 aliphatic carbocycles. The van der Waals surface area contributed by atoms with E-state index in [0.29, 0.717) is 0 Å². The standard InChI is InChI=1S/C35H47F4N5O8/c1-7-8-20(29(47)35(38,39)33(52)42-19(6)32(50)51)13-26(46)28-21-9-10-34(36,37)23(21)16-44(28)31(49)27(18(4)5)43-30(48)22(17(2)3)14-25(45)24-15-40-11-12-41-24/h11-12,15,17-23,27-28H,7-10,13-14,16H2,1-6H3,(H,42,52)(H,43,48)(H,50,51)/t19-,20+,21-,22-,23-,27-,28-/m0/s1. The van der Waals surface area contributed by atoms with Gasteiger partial charge in [0.2, 0.25) is 17.6 Å². The molecule has 3 N–H and O–H groups in total. The highest BCUT2D eigenvalue weighted by atomic mass is 19.3. The molecule has 0 bridgehead atoms. The normalized spacial score (nSPS) is 21.9. The number of alkyl halides is 4. The van der Waals surface area contributed by atoms with E-state index in [1.807, 2.05) is 0 Å². The molecule has 2 heterocycles. The molecule has 2 fully saturated rings. The lowest BCUT2D eigenvalue weighted by molar-refractivity contribution is -0.163. The first-order valence-electron chi connectivity index (χ1n) is 17.4. The molecular formula is C35H47F4N5O8. The minimum atomic E-state index is -4.72. The predicted molar refractivity (Wildman–Crippen MR) is 176 cm³/mol. The van der Waals surface area contributed by atoms with E-state index in [2.05, 4.69) is 15.3 Å². The van der Waals surface area contributed by atoms with Crippen molar-refractivity contribution in [3.8, 4) is 0 Å². The Kier molecular flexibility index (Phi) is 13.8. The van der Waals surface area contributed by atoms with Crippen LogP contribution in [0.4, 0.5) is 17.6 Å². The van der Waals surface area contributed by atoms with Crippen LogP contribution >= 0.6 is 0 Å². The number of nitrogens with zero attached hydrogens (tertiary/aromatic N) is 3. The van der Waals surface area contributed by atoms with Crippen molar-refractivity contribution in [2.75, 3.05) is 6.54 Å². The molecule has 7 atom stereocenters. The minimum absolute atomic E-state index is 0.0383. The Morgan fingerprint density at radius 2 is 1.65 bits per heavy atom. The molecule has 288 valence electrons. The third-order valence-electron chi connectivity index (χ3n) is 10.0. The maximum absolute atomic E-state index is 15.1. The van der Waals surface area contributed by atoms with Crippen LogP contribution in [-0.4, -0.2) is 97.5 Å². The summed E-state index contributed by atoms with van der Waals surface area (Å²) in [7, 11) is 0. The van der Waals surface area contributed by atoms with Crippen molar-refractivity contribution in [2.45, 2.75) is 110 Å². The Morgan fingerprint density at radius 1 is 1.00 bits per heavy atom.